The van der Waals surface area contributed by atoms with Gasteiger partial charge >= 0.3 is 0 Å². The third-order valence-corrected chi connectivity index (χ3v) is 7.60. The Morgan fingerprint density at radius 1 is 0.800 bits per heavy atom. The maximum atomic E-state index is 6.36. The van der Waals surface area contributed by atoms with E-state index in [9.17, 15) is 0 Å². The van der Waals surface area contributed by atoms with Crippen molar-refractivity contribution in [3.05, 3.63) is 63.1 Å². The summed E-state index contributed by atoms with van der Waals surface area (Å²) >= 11 is 30.8. The van der Waals surface area contributed by atoms with Crippen molar-refractivity contribution < 1.29 is 0 Å². The third kappa shape index (κ3) is 4.07. The van der Waals surface area contributed by atoms with Crippen LogP contribution in [0.1, 0.15) is 5.56 Å². The van der Waals surface area contributed by atoms with E-state index in [0.29, 0.717) is 10.6 Å². The third-order valence-electron chi connectivity index (χ3n) is 2.33. The largest absolute Gasteiger partial charge is 0.199 e. The van der Waals surface area contributed by atoms with E-state index in [-0.39, 0.29) is 10.0 Å². The number of alkyl halides is 2. The summed E-state index contributed by atoms with van der Waals surface area (Å²) in [6.45, 7) is 0. The van der Waals surface area contributed by atoms with Crippen LogP contribution in [-0.2, 0) is 3.67 Å². The SMILES string of the molecule is Clc1ccc(C(Cl)(Cl)SSc2ccccc2)c(Cl)c1Cl. The molecule has 0 saturated carbocycles. The van der Waals surface area contributed by atoms with E-state index in [1.165, 1.54) is 21.6 Å². The molecule has 0 radical (unpaired) electrons. The van der Waals surface area contributed by atoms with Crippen LogP contribution in [0.5, 0.6) is 0 Å². The van der Waals surface area contributed by atoms with Crippen LogP contribution in [0, 0.1) is 0 Å². The van der Waals surface area contributed by atoms with E-state index in [4.69, 9.17) is 58.0 Å². The topological polar surface area (TPSA) is 0 Å². The first kappa shape index (κ1) is 17.0. The molecule has 7 heteroatoms. The summed E-state index contributed by atoms with van der Waals surface area (Å²) in [6.07, 6.45) is 0. The van der Waals surface area contributed by atoms with Crippen LogP contribution in [0.2, 0.25) is 15.1 Å². The lowest BCUT2D eigenvalue weighted by atomic mass is 10.2. The lowest BCUT2D eigenvalue weighted by molar-refractivity contribution is 1.27. The van der Waals surface area contributed by atoms with Gasteiger partial charge in [0, 0.05) is 10.5 Å². The summed E-state index contributed by atoms with van der Waals surface area (Å²) in [5.41, 5.74) is 0.519. The Balaban J connectivity index is 2.20. The summed E-state index contributed by atoms with van der Waals surface area (Å²) in [7, 11) is 2.73. The fourth-order valence-electron chi connectivity index (χ4n) is 1.37. The zero-order valence-corrected chi connectivity index (χ0v) is 15.2. The first-order chi connectivity index (χ1) is 9.42. The van der Waals surface area contributed by atoms with Crippen LogP contribution in [0.25, 0.3) is 0 Å². The smallest absolute Gasteiger partial charge is 0.0830 e. The Morgan fingerprint density at radius 2 is 1.45 bits per heavy atom. The fraction of sp³-hybridized carbons (Fsp3) is 0.0769. The van der Waals surface area contributed by atoms with Gasteiger partial charge in [-0.2, -0.15) is 0 Å². The predicted molar refractivity (Wildman–Crippen MR) is 94.7 cm³/mol. The number of hydrogen-bond acceptors (Lipinski definition) is 2. The van der Waals surface area contributed by atoms with Gasteiger partial charge in [-0.1, -0.05) is 93.1 Å². The molecule has 2 rings (SSSR count). The average molecular weight is 405 g/mol. The van der Waals surface area contributed by atoms with Crippen molar-refractivity contribution >= 4 is 79.6 Å². The summed E-state index contributed by atoms with van der Waals surface area (Å²) in [6, 6.07) is 13.1. The molecule has 0 bridgehead atoms. The van der Waals surface area contributed by atoms with Crippen molar-refractivity contribution in [2.24, 2.45) is 0 Å². The van der Waals surface area contributed by atoms with Crippen LogP contribution >= 0.6 is 79.6 Å². The summed E-state index contributed by atoms with van der Waals surface area (Å²) < 4.78 is -1.23. The maximum absolute atomic E-state index is 6.36. The minimum atomic E-state index is -1.23. The molecule has 0 aliphatic carbocycles. The van der Waals surface area contributed by atoms with E-state index in [1.807, 2.05) is 30.3 Å². The molecule has 0 atom stereocenters. The van der Waals surface area contributed by atoms with Gasteiger partial charge in [-0.15, -0.1) is 0 Å². The molecule has 0 nitrogen and oxygen atoms in total. The second kappa shape index (κ2) is 7.23. The molecule has 0 heterocycles. The molecule has 2 aromatic rings. The van der Waals surface area contributed by atoms with Crippen molar-refractivity contribution in [3.63, 3.8) is 0 Å². The molecule has 2 aromatic carbocycles. The van der Waals surface area contributed by atoms with E-state index in [2.05, 4.69) is 0 Å². The van der Waals surface area contributed by atoms with Crippen LogP contribution < -0.4 is 0 Å². The molecule has 0 spiro atoms. The highest BCUT2D eigenvalue weighted by molar-refractivity contribution is 8.77. The van der Waals surface area contributed by atoms with Crippen molar-refractivity contribution in [1.82, 2.24) is 0 Å². The summed E-state index contributed by atoms with van der Waals surface area (Å²) in [5, 5.41) is 0.886. The lowest BCUT2D eigenvalue weighted by Gasteiger charge is -2.20. The normalized spacial score (nSPS) is 11.7. The average Bonchev–Trinajstić information content (AvgIpc) is 2.44. The fourth-order valence-corrected chi connectivity index (χ4v) is 5.02. The highest BCUT2D eigenvalue weighted by Crippen LogP contribution is 2.55. The number of halogens is 5. The first-order valence-electron chi connectivity index (χ1n) is 5.34. The van der Waals surface area contributed by atoms with Crippen LogP contribution in [0.3, 0.4) is 0 Å². The summed E-state index contributed by atoms with van der Waals surface area (Å²) in [5.74, 6) is 0. The molecule has 0 aliphatic rings. The van der Waals surface area contributed by atoms with E-state index >= 15 is 0 Å². The van der Waals surface area contributed by atoms with Gasteiger partial charge in [0.1, 0.15) is 0 Å². The van der Waals surface area contributed by atoms with Gasteiger partial charge in [-0.05, 0) is 29.0 Å². The lowest BCUT2D eigenvalue weighted by Crippen LogP contribution is -2.04. The standard InChI is InChI=1S/C13H7Cl5S2/c14-10-7-6-9(11(15)12(10)16)13(17,18)20-19-8-4-2-1-3-5-8/h1-7H. The van der Waals surface area contributed by atoms with Gasteiger partial charge in [-0.3, -0.25) is 0 Å². The number of rotatable bonds is 4. The van der Waals surface area contributed by atoms with E-state index in [0.717, 1.165) is 4.90 Å². The molecule has 20 heavy (non-hydrogen) atoms. The zero-order chi connectivity index (χ0) is 14.8. The molecule has 0 fully saturated rings. The van der Waals surface area contributed by atoms with E-state index in [1.54, 1.807) is 12.1 Å². The van der Waals surface area contributed by atoms with Crippen molar-refractivity contribution in [2.75, 3.05) is 0 Å². The highest BCUT2D eigenvalue weighted by Gasteiger charge is 2.32. The Hall–Kier alpha value is 0.590. The van der Waals surface area contributed by atoms with Crippen molar-refractivity contribution in [1.29, 1.82) is 0 Å². The Kier molecular flexibility index (Phi) is 6.13. The highest BCUT2D eigenvalue weighted by atomic mass is 35.5. The second-order valence-corrected chi connectivity index (χ2v) is 9.08. The summed E-state index contributed by atoms with van der Waals surface area (Å²) in [4.78, 5) is 1.04. The van der Waals surface area contributed by atoms with Crippen LogP contribution in [-0.4, -0.2) is 0 Å². The molecule has 106 valence electrons. The molecule has 0 aromatic heterocycles. The molecular formula is C13H7Cl5S2. The monoisotopic (exact) mass is 402 g/mol. The minimum Gasteiger partial charge on any atom is -0.0830 e. The zero-order valence-electron chi connectivity index (χ0n) is 9.75. The van der Waals surface area contributed by atoms with E-state index < -0.39 is 3.67 Å². The van der Waals surface area contributed by atoms with Crippen LogP contribution in [0.4, 0.5) is 0 Å². The molecule has 0 amide bonds. The first-order valence-corrected chi connectivity index (χ1v) is 9.38. The van der Waals surface area contributed by atoms with Crippen LogP contribution in [0.15, 0.2) is 47.4 Å². The van der Waals surface area contributed by atoms with Crippen molar-refractivity contribution in [3.8, 4) is 0 Å². The van der Waals surface area contributed by atoms with Gasteiger partial charge in [0.05, 0.1) is 15.1 Å². The molecule has 0 aliphatic heterocycles. The molecule has 0 saturated heterocycles. The van der Waals surface area contributed by atoms with Gasteiger partial charge < -0.3 is 0 Å². The van der Waals surface area contributed by atoms with Gasteiger partial charge in [0.25, 0.3) is 0 Å². The maximum Gasteiger partial charge on any atom is 0.199 e. The van der Waals surface area contributed by atoms with Gasteiger partial charge in [0.15, 0.2) is 3.67 Å². The molecule has 0 N–H and O–H groups in total. The van der Waals surface area contributed by atoms with Gasteiger partial charge in [0.2, 0.25) is 0 Å². The Bertz CT molecular complexity index is 601. The molecular weight excluding hydrogens is 398 g/mol. The predicted octanol–water partition coefficient (Wildman–Crippen LogP) is 7.68. The Morgan fingerprint density at radius 3 is 2.10 bits per heavy atom. The van der Waals surface area contributed by atoms with Gasteiger partial charge in [-0.25, -0.2) is 0 Å². The quantitative estimate of drug-likeness (QED) is 0.291. The number of hydrogen-bond donors (Lipinski definition) is 0. The number of benzene rings is 2. The Labute approximate surface area is 150 Å². The minimum absolute atomic E-state index is 0.252. The second-order valence-electron chi connectivity index (χ2n) is 3.72. The molecule has 0 unspecified atom stereocenters. The van der Waals surface area contributed by atoms with Crippen molar-refractivity contribution in [2.45, 2.75) is 8.56 Å².